The molecule has 4 rings (SSSR count). The molecule has 0 bridgehead atoms. The Morgan fingerprint density at radius 3 is 2.37 bits per heavy atom. The summed E-state index contributed by atoms with van der Waals surface area (Å²) >= 11 is 0. The molecule has 30 heavy (non-hydrogen) atoms. The van der Waals surface area contributed by atoms with Crippen LogP contribution in [0.4, 0.5) is 5.69 Å². The number of benzene rings is 2. The van der Waals surface area contributed by atoms with Crippen LogP contribution in [0.25, 0.3) is 0 Å². The van der Waals surface area contributed by atoms with E-state index in [-0.39, 0.29) is 11.9 Å². The minimum absolute atomic E-state index is 0.159. The first-order valence-corrected chi connectivity index (χ1v) is 11.0. The molecule has 2 heterocycles. The van der Waals surface area contributed by atoms with Crippen LogP contribution in [0.5, 0.6) is 5.75 Å². The Morgan fingerprint density at radius 2 is 1.67 bits per heavy atom. The number of carbonyl (C=O) groups excluding carboxylic acids is 1. The number of hydrogen-bond acceptors (Lipinski definition) is 4. The number of nitrogens with zero attached hydrogens (tertiary/aromatic N) is 2. The van der Waals surface area contributed by atoms with E-state index in [4.69, 9.17) is 9.47 Å². The Morgan fingerprint density at radius 1 is 1.00 bits per heavy atom. The van der Waals surface area contributed by atoms with Crippen LogP contribution in [0.2, 0.25) is 0 Å². The van der Waals surface area contributed by atoms with Crippen LogP contribution in [-0.2, 0) is 9.53 Å². The van der Waals surface area contributed by atoms with Gasteiger partial charge in [-0.3, -0.25) is 4.79 Å². The topological polar surface area (TPSA) is 46.5 Å². The molecule has 1 atom stereocenters. The van der Waals surface area contributed by atoms with Crippen molar-refractivity contribution in [1.82, 2.24) is 4.90 Å². The summed E-state index contributed by atoms with van der Waals surface area (Å²) < 4.78 is 11.3. The molecule has 0 radical (unpaired) electrons. The van der Waals surface area contributed by atoms with E-state index in [0.29, 0.717) is 32.9 Å². The average Bonchev–Trinajstić information content (AvgIpc) is 2.82. The van der Waals surface area contributed by atoms with E-state index in [1.54, 1.807) is 0 Å². The van der Waals surface area contributed by atoms with Crippen LogP contribution in [0.3, 0.4) is 0 Å². The first-order chi connectivity index (χ1) is 14.8. The van der Waals surface area contributed by atoms with Gasteiger partial charge in [0, 0.05) is 18.7 Å². The summed E-state index contributed by atoms with van der Waals surface area (Å²) in [5.41, 5.74) is 2.25. The third-order valence-corrected chi connectivity index (χ3v) is 6.02. The zero-order chi connectivity index (χ0) is 20.8. The van der Waals surface area contributed by atoms with Gasteiger partial charge >= 0.3 is 0 Å². The van der Waals surface area contributed by atoms with Gasteiger partial charge in [0.2, 0.25) is 0 Å². The lowest BCUT2D eigenvalue weighted by atomic mass is 10.0. The van der Waals surface area contributed by atoms with Gasteiger partial charge in [-0.25, -0.2) is 0 Å². The summed E-state index contributed by atoms with van der Waals surface area (Å²) in [7, 11) is 0. The quantitative estimate of drug-likeness (QED) is 0.782. The Kier molecular flexibility index (Phi) is 6.87. The van der Waals surface area contributed by atoms with Gasteiger partial charge in [0.15, 0.2) is 6.04 Å². The Hall–Kier alpha value is -2.57. The van der Waals surface area contributed by atoms with Gasteiger partial charge < -0.3 is 24.2 Å². The molecule has 2 aromatic carbocycles. The molecule has 2 saturated heterocycles. The summed E-state index contributed by atoms with van der Waals surface area (Å²) in [6.07, 6.45) is 0. The molecule has 0 saturated carbocycles. The minimum atomic E-state index is -0.159. The van der Waals surface area contributed by atoms with Gasteiger partial charge in [0.05, 0.1) is 51.7 Å². The van der Waals surface area contributed by atoms with Gasteiger partial charge in [-0.2, -0.15) is 0 Å². The van der Waals surface area contributed by atoms with Crippen molar-refractivity contribution in [1.29, 1.82) is 0 Å². The lowest BCUT2D eigenvalue weighted by Gasteiger charge is -2.39. The SMILES string of the molecule is CCOc1ccccc1N1CC[NH+]([C@H](C(=O)N2CCOCC2)c2ccccc2)CC1. The molecule has 0 aliphatic carbocycles. The van der Waals surface area contributed by atoms with E-state index in [1.165, 1.54) is 4.90 Å². The standard InChI is InChI=1S/C24H31N3O3/c1-2-30-22-11-7-6-10-21(22)25-12-14-26(15-13-25)23(20-8-4-3-5-9-20)24(28)27-16-18-29-19-17-27/h3-11,23H,2,12-19H2,1H3/p+1/t23-/m0/s1. The number of piperazine rings is 1. The maximum Gasteiger partial charge on any atom is 0.285 e. The Labute approximate surface area is 179 Å². The average molecular weight is 411 g/mol. The monoisotopic (exact) mass is 410 g/mol. The highest BCUT2D eigenvalue weighted by atomic mass is 16.5. The van der Waals surface area contributed by atoms with Crippen molar-refractivity contribution >= 4 is 11.6 Å². The third-order valence-electron chi connectivity index (χ3n) is 6.02. The number of nitrogens with one attached hydrogen (secondary N) is 1. The summed E-state index contributed by atoms with van der Waals surface area (Å²) in [5, 5.41) is 0. The molecule has 2 aromatic rings. The lowest BCUT2D eigenvalue weighted by Crippen LogP contribution is -3.16. The number of amides is 1. The zero-order valence-electron chi connectivity index (χ0n) is 17.8. The molecule has 2 fully saturated rings. The number of hydrogen-bond donors (Lipinski definition) is 1. The molecule has 2 aliphatic heterocycles. The van der Waals surface area contributed by atoms with Crippen LogP contribution >= 0.6 is 0 Å². The highest BCUT2D eigenvalue weighted by Gasteiger charge is 2.37. The summed E-state index contributed by atoms with van der Waals surface area (Å²) in [5.74, 6) is 1.16. The van der Waals surface area contributed by atoms with Crippen molar-refractivity contribution in [3.05, 3.63) is 60.2 Å². The maximum absolute atomic E-state index is 13.5. The third kappa shape index (κ3) is 4.60. The predicted molar refractivity (Wildman–Crippen MR) is 117 cm³/mol. The smallest absolute Gasteiger partial charge is 0.285 e. The van der Waals surface area contributed by atoms with E-state index in [9.17, 15) is 4.79 Å². The molecule has 2 aliphatic rings. The summed E-state index contributed by atoms with van der Waals surface area (Å²) in [6, 6.07) is 18.3. The Bertz CT molecular complexity index is 815. The van der Waals surface area contributed by atoms with Gasteiger partial charge in [-0.1, -0.05) is 42.5 Å². The second-order valence-corrected chi connectivity index (χ2v) is 7.83. The number of quaternary nitrogens is 1. The van der Waals surface area contributed by atoms with Crippen LogP contribution in [0.1, 0.15) is 18.5 Å². The molecule has 0 aromatic heterocycles. The van der Waals surface area contributed by atoms with E-state index in [2.05, 4.69) is 29.2 Å². The van der Waals surface area contributed by atoms with Crippen LogP contribution < -0.4 is 14.5 Å². The van der Waals surface area contributed by atoms with Crippen molar-refractivity contribution in [2.24, 2.45) is 0 Å². The summed E-state index contributed by atoms with van der Waals surface area (Å²) in [4.78, 5) is 19.2. The number of anilines is 1. The lowest BCUT2D eigenvalue weighted by molar-refractivity contribution is -0.923. The van der Waals surface area contributed by atoms with Gasteiger partial charge in [-0.15, -0.1) is 0 Å². The number of carbonyl (C=O) groups is 1. The molecule has 1 amide bonds. The largest absolute Gasteiger partial charge is 0.492 e. The van der Waals surface area contributed by atoms with E-state index in [0.717, 1.165) is 43.2 Å². The second-order valence-electron chi connectivity index (χ2n) is 7.83. The zero-order valence-corrected chi connectivity index (χ0v) is 17.8. The highest BCUT2D eigenvalue weighted by molar-refractivity contribution is 5.82. The maximum atomic E-state index is 13.5. The predicted octanol–water partition coefficient (Wildman–Crippen LogP) is 1.39. The fourth-order valence-corrected chi connectivity index (χ4v) is 4.48. The number of ether oxygens (including phenoxy) is 2. The molecule has 0 spiro atoms. The first kappa shape index (κ1) is 20.7. The fourth-order valence-electron chi connectivity index (χ4n) is 4.48. The van der Waals surface area contributed by atoms with E-state index < -0.39 is 0 Å². The molecular formula is C24H32N3O3+. The normalized spacial score (nSPS) is 18.8. The molecule has 0 unspecified atom stereocenters. The van der Waals surface area contributed by atoms with Gasteiger partial charge in [0.25, 0.3) is 5.91 Å². The molecule has 1 N–H and O–H groups in total. The fraction of sp³-hybridized carbons (Fsp3) is 0.458. The summed E-state index contributed by atoms with van der Waals surface area (Å²) in [6.45, 7) is 8.93. The van der Waals surface area contributed by atoms with Crippen molar-refractivity contribution in [2.75, 3.05) is 64.0 Å². The van der Waals surface area contributed by atoms with Crippen LogP contribution in [-0.4, -0.2) is 69.9 Å². The minimum Gasteiger partial charge on any atom is -0.492 e. The molecule has 6 nitrogen and oxygen atoms in total. The number of rotatable bonds is 6. The van der Waals surface area contributed by atoms with Gasteiger partial charge in [0.1, 0.15) is 5.75 Å². The van der Waals surface area contributed by atoms with E-state index >= 15 is 0 Å². The first-order valence-electron chi connectivity index (χ1n) is 11.0. The van der Waals surface area contributed by atoms with Crippen molar-refractivity contribution in [3.8, 4) is 5.75 Å². The van der Waals surface area contributed by atoms with Crippen LogP contribution in [0.15, 0.2) is 54.6 Å². The number of morpholine rings is 1. The second kappa shape index (κ2) is 9.96. The molecule has 160 valence electrons. The van der Waals surface area contributed by atoms with Crippen molar-refractivity contribution in [2.45, 2.75) is 13.0 Å². The van der Waals surface area contributed by atoms with E-state index in [1.807, 2.05) is 42.2 Å². The molecule has 6 heteroatoms. The molecular weight excluding hydrogens is 378 g/mol. The number of para-hydroxylation sites is 2. The highest BCUT2D eigenvalue weighted by Crippen LogP contribution is 2.28. The Balaban J connectivity index is 1.50. The van der Waals surface area contributed by atoms with Crippen molar-refractivity contribution in [3.63, 3.8) is 0 Å². The van der Waals surface area contributed by atoms with Crippen molar-refractivity contribution < 1.29 is 19.2 Å². The van der Waals surface area contributed by atoms with Gasteiger partial charge in [-0.05, 0) is 19.1 Å². The van der Waals surface area contributed by atoms with Crippen LogP contribution in [0, 0.1) is 0 Å².